The Morgan fingerprint density at radius 3 is 2.35 bits per heavy atom. The minimum absolute atomic E-state index is 0.0123. The number of fused-ring (bicyclic) bond motifs is 4. The topological polar surface area (TPSA) is 95.7 Å². The summed E-state index contributed by atoms with van der Waals surface area (Å²) >= 11 is 0. The highest BCUT2D eigenvalue weighted by Crippen LogP contribution is 2.69. The molecule has 0 aromatic carbocycles. The average molecular weight is 518 g/mol. The van der Waals surface area contributed by atoms with Gasteiger partial charge in [0.15, 0.2) is 0 Å². The van der Waals surface area contributed by atoms with Crippen molar-refractivity contribution in [3.63, 3.8) is 0 Å². The zero-order valence-corrected chi connectivity index (χ0v) is 24.8. The number of nitrogens with two attached hydrogens (primary N) is 1. The van der Waals surface area contributed by atoms with Gasteiger partial charge in [-0.25, -0.2) is 0 Å². The molecule has 4 aliphatic carbocycles. The van der Waals surface area contributed by atoms with Crippen molar-refractivity contribution in [2.24, 2.45) is 57.5 Å². The summed E-state index contributed by atoms with van der Waals surface area (Å²) < 4.78 is 0. The van der Waals surface area contributed by atoms with Crippen LogP contribution in [0.3, 0.4) is 0 Å². The van der Waals surface area contributed by atoms with Crippen LogP contribution in [0.5, 0.6) is 0 Å². The van der Waals surface area contributed by atoms with Gasteiger partial charge >= 0.3 is 0 Å². The van der Waals surface area contributed by atoms with Crippen molar-refractivity contribution >= 4 is 11.7 Å². The maximum absolute atomic E-state index is 14.0. The molecule has 6 heteroatoms. The third-order valence-corrected chi connectivity index (χ3v) is 12.9. The van der Waals surface area contributed by atoms with Gasteiger partial charge in [0.05, 0.1) is 6.10 Å². The van der Waals surface area contributed by atoms with Gasteiger partial charge in [-0.3, -0.25) is 9.59 Å². The first-order chi connectivity index (χ1) is 17.2. The van der Waals surface area contributed by atoms with Crippen molar-refractivity contribution < 1.29 is 14.7 Å². The minimum Gasteiger partial charge on any atom is -0.393 e. The molecule has 4 saturated carbocycles. The Morgan fingerprint density at radius 2 is 1.76 bits per heavy atom. The van der Waals surface area contributed by atoms with Gasteiger partial charge in [-0.1, -0.05) is 34.6 Å². The van der Waals surface area contributed by atoms with E-state index in [4.69, 9.17) is 5.73 Å². The van der Waals surface area contributed by atoms with Crippen LogP contribution in [0, 0.1) is 51.8 Å². The van der Waals surface area contributed by atoms with Crippen LogP contribution < -0.4 is 11.1 Å². The van der Waals surface area contributed by atoms with E-state index in [1.165, 1.54) is 0 Å². The lowest BCUT2D eigenvalue weighted by atomic mass is 9.48. The molecule has 0 aliphatic heterocycles. The molecule has 4 fully saturated rings. The van der Waals surface area contributed by atoms with E-state index >= 15 is 0 Å². The fraction of sp³-hybridized carbons (Fsp3) is 0.935. The Balaban J connectivity index is 1.64. The molecule has 0 saturated heterocycles. The summed E-state index contributed by atoms with van der Waals surface area (Å²) in [5.74, 6) is 1.94. The molecule has 4 rings (SSSR count). The van der Waals surface area contributed by atoms with E-state index in [2.05, 4.69) is 58.9 Å². The molecule has 0 heterocycles. The van der Waals surface area contributed by atoms with E-state index < -0.39 is 0 Å². The maximum Gasteiger partial charge on any atom is 0.223 e. The van der Waals surface area contributed by atoms with Crippen LogP contribution in [0.25, 0.3) is 0 Å². The van der Waals surface area contributed by atoms with Gasteiger partial charge in [0.25, 0.3) is 0 Å². The summed E-state index contributed by atoms with van der Waals surface area (Å²) in [6.07, 6.45) is 6.86. The first-order valence-corrected chi connectivity index (χ1v) is 15.1. The Bertz CT molecular complexity index is 878. The molecular formula is C31H55N3O3. The Kier molecular flexibility index (Phi) is 8.00. The number of rotatable bonds is 6. The van der Waals surface area contributed by atoms with Gasteiger partial charge in [-0.15, -0.1) is 0 Å². The number of aliphatic hydroxyl groups excluding tert-OH is 1. The van der Waals surface area contributed by atoms with Gasteiger partial charge < -0.3 is 21.1 Å². The fourth-order valence-corrected chi connectivity index (χ4v) is 9.92. The number of hydrogen-bond acceptors (Lipinski definition) is 5. The van der Waals surface area contributed by atoms with Crippen molar-refractivity contribution in [2.75, 3.05) is 20.6 Å². The van der Waals surface area contributed by atoms with E-state index in [0.29, 0.717) is 36.5 Å². The molecule has 1 amide bonds. The second-order valence-electron chi connectivity index (χ2n) is 14.5. The summed E-state index contributed by atoms with van der Waals surface area (Å²) in [7, 11) is 4.18. The molecular weight excluding hydrogens is 462 g/mol. The lowest BCUT2D eigenvalue weighted by Crippen LogP contribution is -2.58. The summed E-state index contributed by atoms with van der Waals surface area (Å²) in [5, 5.41) is 14.8. The van der Waals surface area contributed by atoms with Crippen molar-refractivity contribution in [1.29, 1.82) is 0 Å². The number of amides is 1. The first kappa shape index (κ1) is 29.0. The lowest BCUT2D eigenvalue weighted by Gasteiger charge is -2.56. The maximum atomic E-state index is 14.0. The zero-order valence-electron chi connectivity index (χ0n) is 24.8. The van der Waals surface area contributed by atoms with E-state index in [9.17, 15) is 14.7 Å². The fourth-order valence-electron chi connectivity index (χ4n) is 9.92. The average Bonchev–Trinajstić information content (AvgIpc) is 2.96. The molecule has 0 unspecified atom stereocenters. The molecule has 0 bridgehead atoms. The SMILES string of the molecule is CC[C@H](C)C(=O)N[C@H]1CC[C@H]2C[C@H]3C(=O)C[C@]4(C)[C@@H]([C@H](C)N(C)C)[C@H](O)C[C@@]4(C)[C@@H]3CC[C@H]2[C@]1(C)CN. The molecule has 37 heavy (non-hydrogen) atoms. The Morgan fingerprint density at radius 1 is 1.11 bits per heavy atom. The van der Waals surface area contributed by atoms with E-state index in [0.717, 1.165) is 44.9 Å². The number of carbonyl (C=O) groups excluding carboxylic acids is 2. The van der Waals surface area contributed by atoms with Gasteiger partial charge in [-0.05, 0) is 101 Å². The van der Waals surface area contributed by atoms with Crippen molar-refractivity contribution in [3.05, 3.63) is 0 Å². The quantitative estimate of drug-likeness (QED) is 0.490. The molecule has 0 radical (unpaired) electrons. The van der Waals surface area contributed by atoms with Gasteiger partial charge in [-0.2, -0.15) is 0 Å². The highest BCUT2D eigenvalue weighted by atomic mass is 16.3. The standard InChI is InChI=1S/C31H55N3O3/c1-9-18(2)28(37)33-26-13-10-20-14-21-23(12-11-22(20)29(26,4)17-32)30(5)16-25(36)27(19(3)34(7)8)31(30,6)15-24(21)35/h18-23,25-27,36H,9-17,32H2,1-8H3,(H,33,37)/t18-,19-,20-,21+,22+,23+,25+,26-,27-,29-,30-,31+/m0/s1. The molecule has 0 aromatic rings. The van der Waals surface area contributed by atoms with Crippen molar-refractivity contribution in [2.45, 2.75) is 111 Å². The third kappa shape index (κ3) is 4.41. The van der Waals surface area contributed by atoms with E-state index in [1.54, 1.807) is 0 Å². The number of nitrogens with one attached hydrogen (secondary N) is 1. The van der Waals surface area contributed by atoms with Gasteiger partial charge in [0.2, 0.25) is 5.91 Å². The van der Waals surface area contributed by atoms with E-state index in [-0.39, 0.29) is 58.1 Å². The van der Waals surface area contributed by atoms with E-state index in [1.807, 2.05) is 6.92 Å². The summed E-state index contributed by atoms with van der Waals surface area (Å²) in [4.78, 5) is 29.0. The first-order valence-electron chi connectivity index (χ1n) is 15.1. The molecule has 212 valence electrons. The second kappa shape index (κ2) is 10.2. The van der Waals surface area contributed by atoms with Crippen LogP contribution in [0.1, 0.15) is 92.9 Å². The monoisotopic (exact) mass is 517 g/mol. The van der Waals surface area contributed by atoms with Crippen LogP contribution >= 0.6 is 0 Å². The largest absolute Gasteiger partial charge is 0.393 e. The third-order valence-electron chi connectivity index (χ3n) is 12.9. The Labute approximate surface area is 225 Å². The van der Waals surface area contributed by atoms with Gasteiger partial charge in [0.1, 0.15) is 5.78 Å². The molecule has 4 aliphatic rings. The molecule has 12 atom stereocenters. The van der Waals surface area contributed by atoms with Crippen molar-refractivity contribution in [1.82, 2.24) is 10.2 Å². The van der Waals surface area contributed by atoms with Crippen LogP contribution in [0.4, 0.5) is 0 Å². The van der Waals surface area contributed by atoms with Crippen molar-refractivity contribution in [3.8, 4) is 0 Å². The predicted molar refractivity (Wildman–Crippen MR) is 149 cm³/mol. The van der Waals surface area contributed by atoms with Crippen LogP contribution in [-0.4, -0.2) is 60.5 Å². The number of nitrogens with zero attached hydrogens (tertiary/aromatic N) is 1. The number of hydrogen-bond donors (Lipinski definition) is 3. The van der Waals surface area contributed by atoms with Crippen LogP contribution in [0.2, 0.25) is 0 Å². The molecule has 4 N–H and O–H groups in total. The number of aliphatic hydroxyl groups is 1. The zero-order chi connectivity index (χ0) is 27.5. The molecule has 0 aromatic heterocycles. The number of Topliss-reactive ketones (excluding diaryl/α,β-unsaturated/α-hetero) is 1. The molecule has 6 nitrogen and oxygen atoms in total. The Hall–Kier alpha value is -0.980. The normalized spacial score (nSPS) is 47.4. The predicted octanol–water partition coefficient (Wildman–Crippen LogP) is 4.24. The smallest absolute Gasteiger partial charge is 0.223 e. The highest BCUT2D eigenvalue weighted by Gasteiger charge is 2.68. The number of ketones is 1. The highest BCUT2D eigenvalue weighted by molar-refractivity contribution is 5.83. The number of carbonyl (C=O) groups is 2. The molecule has 0 spiro atoms. The van der Waals surface area contributed by atoms with Crippen LogP contribution in [-0.2, 0) is 9.59 Å². The summed E-state index contributed by atoms with van der Waals surface area (Å²) in [6.45, 7) is 13.8. The summed E-state index contributed by atoms with van der Waals surface area (Å²) in [6, 6.07) is 0.311. The van der Waals surface area contributed by atoms with Gasteiger partial charge in [0, 0.05) is 41.7 Å². The van der Waals surface area contributed by atoms with Crippen LogP contribution in [0.15, 0.2) is 0 Å². The lowest BCUT2D eigenvalue weighted by molar-refractivity contribution is -0.148. The summed E-state index contributed by atoms with van der Waals surface area (Å²) in [5.41, 5.74) is 6.10. The minimum atomic E-state index is -0.376. The second-order valence-corrected chi connectivity index (χ2v) is 14.5.